The molecule has 2 rings (SSSR count). The molecule has 0 fully saturated rings. The van der Waals surface area contributed by atoms with Crippen LogP contribution in [0.25, 0.3) is 10.8 Å². The summed E-state index contributed by atoms with van der Waals surface area (Å²) in [6, 6.07) is 11.1. The van der Waals surface area contributed by atoms with Crippen molar-refractivity contribution in [3.05, 3.63) is 42.0 Å². The topological polar surface area (TPSA) is 66.6 Å². The number of hydrogen-bond acceptors (Lipinski definition) is 3. The highest BCUT2D eigenvalue weighted by Gasteiger charge is 2.19. The highest BCUT2D eigenvalue weighted by Crippen LogP contribution is 2.29. The molecule has 2 aromatic rings. The minimum atomic E-state index is -0.131. The second-order valence-electron chi connectivity index (χ2n) is 5.12. The van der Waals surface area contributed by atoms with Crippen LogP contribution < -0.4 is 5.73 Å². The Balaban J connectivity index is 2.34. The number of rotatable bonds is 6. The van der Waals surface area contributed by atoms with Gasteiger partial charge in [0.2, 0.25) is 0 Å². The molecule has 112 valence electrons. The fourth-order valence-corrected chi connectivity index (χ4v) is 2.47. The fraction of sp³-hybridized carbons (Fsp3) is 0.353. The first-order valence-corrected chi connectivity index (χ1v) is 7.39. The van der Waals surface area contributed by atoms with Gasteiger partial charge in [-0.15, -0.1) is 0 Å². The van der Waals surface area contributed by atoms with Crippen LogP contribution in [-0.2, 0) is 0 Å². The average molecular weight is 286 g/mol. The number of phenols is 1. The number of hydrogen-bond donors (Lipinski definition) is 2. The molecule has 0 spiro atoms. The number of carbonyl (C=O) groups is 1. The summed E-state index contributed by atoms with van der Waals surface area (Å²) in [6.45, 7) is 3.88. The average Bonchev–Trinajstić information content (AvgIpc) is 2.51. The zero-order chi connectivity index (χ0) is 15.2. The molecule has 0 radical (unpaired) electrons. The van der Waals surface area contributed by atoms with E-state index in [0.717, 1.165) is 18.2 Å². The highest BCUT2D eigenvalue weighted by atomic mass is 16.3. The van der Waals surface area contributed by atoms with E-state index in [4.69, 9.17) is 5.73 Å². The van der Waals surface area contributed by atoms with E-state index in [-0.39, 0.29) is 11.7 Å². The van der Waals surface area contributed by atoms with Crippen molar-refractivity contribution in [2.24, 2.45) is 5.73 Å². The maximum Gasteiger partial charge on any atom is 0.257 e. The van der Waals surface area contributed by atoms with Gasteiger partial charge in [0.15, 0.2) is 0 Å². The lowest BCUT2D eigenvalue weighted by atomic mass is 10.0. The van der Waals surface area contributed by atoms with E-state index in [1.807, 2.05) is 37.3 Å². The molecule has 1 amide bonds. The number of phenolic OH excluding ortho intramolecular Hbond substituents is 1. The summed E-state index contributed by atoms with van der Waals surface area (Å²) in [7, 11) is 0. The van der Waals surface area contributed by atoms with Crippen LogP contribution in [0.3, 0.4) is 0 Å². The molecule has 4 heteroatoms. The molecule has 0 aliphatic heterocycles. The molecule has 0 heterocycles. The lowest BCUT2D eigenvalue weighted by Crippen LogP contribution is -2.33. The zero-order valence-corrected chi connectivity index (χ0v) is 12.4. The van der Waals surface area contributed by atoms with Crippen molar-refractivity contribution in [3.8, 4) is 5.75 Å². The Labute approximate surface area is 125 Å². The summed E-state index contributed by atoms with van der Waals surface area (Å²) < 4.78 is 0. The van der Waals surface area contributed by atoms with Gasteiger partial charge in [-0.1, -0.05) is 37.3 Å². The molecule has 0 bridgehead atoms. The normalized spacial score (nSPS) is 10.8. The third-order valence-corrected chi connectivity index (χ3v) is 3.54. The van der Waals surface area contributed by atoms with Crippen molar-refractivity contribution < 1.29 is 9.90 Å². The quantitative estimate of drug-likeness (QED) is 0.858. The van der Waals surface area contributed by atoms with Crippen molar-refractivity contribution in [2.45, 2.75) is 19.8 Å². The summed E-state index contributed by atoms with van der Waals surface area (Å²) in [5.74, 6) is -0.0690. The number of nitrogens with zero attached hydrogens (tertiary/aromatic N) is 1. The molecule has 0 unspecified atom stereocenters. The predicted octanol–water partition coefficient (Wildman–Crippen LogP) is 2.75. The molecule has 0 aliphatic rings. The summed E-state index contributed by atoms with van der Waals surface area (Å²) in [6.07, 6.45) is 1.64. The van der Waals surface area contributed by atoms with E-state index in [1.165, 1.54) is 0 Å². The summed E-state index contributed by atoms with van der Waals surface area (Å²) >= 11 is 0. The maximum atomic E-state index is 12.6. The van der Waals surface area contributed by atoms with Crippen LogP contribution in [0.15, 0.2) is 36.4 Å². The SMILES string of the molecule is CCCN(CCCN)C(=O)c1ccc2ccccc2c1O. The van der Waals surface area contributed by atoms with Crippen LogP contribution in [0.2, 0.25) is 0 Å². The minimum Gasteiger partial charge on any atom is -0.506 e. The Morgan fingerprint density at radius 3 is 2.67 bits per heavy atom. The van der Waals surface area contributed by atoms with E-state index in [9.17, 15) is 9.90 Å². The van der Waals surface area contributed by atoms with E-state index in [0.29, 0.717) is 30.6 Å². The predicted molar refractivity (Wildman–Crippen MR) is 85.5 cm³/mol. The van der Waals surface area contributed by atoms with E-state index in [1.54, 1.807) is 11.0 Å². The molecule has 4 nitrogen and oxygen atoms in total. The van der Waals surface area contributed by atoms with E-state index >= 15 is 0 Å². The number of aromatic hydroxyl groups is 1. The van der Waals surface area contributed by atoms with Gasteiger partial charge in [-0.05, 0) is 30.8 Å². The molecule has 2 aromatic carbocycles. The Bertz CT molecular complexity index is 625. The first-order chi connectivity index (χ1) is 10.2. The first-order valence-electron chi connectivity index (χ1n) is 7.39. The fourth-order valence-electron chi connectivity index (χ4n) is 2.47. The zero-order valence-electron chi connectivity index (χ0n) is 12.4. The highest BCUT2D eigenvalue weighted by molar-refractivity contribution is 6.03. The Morgan fingerprint density at radius 2 is 1.95 bits per heavy atom. The van der Waals surface area contributed by atoms with Crippen LogP contribution in [-0.4, -0.2) is 35.5 Å². The number of benzene rings is 2. The number of carbonyl (C=O) groups excluding carboxylic acids is 1. The summed E-state index contributed by atoms with van der Waals surface area (Å²) in [5.41, 5.74) is 5.89. The minimum absolute atomic E-state index is 0.0620. The smallest absolute Gasteiger partial charge is 0.257 e. The Hall–Kier alpha value is -2.07. The van der Waals surface area contributed by atoms with Gasteiger partial charge in [0.05, 0.1) is 5.56 Å². The number of amides is 1. The van der Waals surface area contributed by atoms with Gasteiger partial charge >= 0.3 is 0 Å². The van der Waals surface area contributed by atoms with Crippen LogP contribution in [0.4, 0.5) is 0 Å². The largest absolute Gasteiger partial charge is 0.506 e. The van der Waals surface area contributed by atoms with Crippen LogP contribution in [0, 0.1) is 0 Å². The monoisotopic (exact) mass is 286 g/mol. The van der Waals surface area contributed by atoms with Crippen molar-refractivity contribution in [2.75, 3.05) is 19.6 Å². The Morgan fingerprint density at radius 1 is 1.19 bits per heavy atom. The third kappa shape index (κ3) is 3.34. The molecular formula is C17H22N2O2. The van der Waals surface area contributed by atoms with E-state index in [2.05, 4.69) is 0 Å². The van der Waals surface area contributed by atoms with E-state index < -0.39 is 0 Å². The van der Waals surface area contributed by atoms with Gasteiger partial charge in [-0.3, -0.25) is 4.79 Å². The molecule has 0 saturated carbocycles. The molecule has 21 heavy (non-hydrogen) atoms. The molecule has 0 atom stereocenters. The van der Waals surface area contributed by atoms with Crippen molar-refractivity contribution in [1.29, 1.82) is 0 Å². The van der Waals surface area contributed by atoms with Crippen LogP contribution in [0.5, 0.6) is 5.75 Å². The van der Waals surface area contributed by atoms with Crippen molar-refractivity contribution >= 4 is 16.7 Å². The Kier molecular flexibility index (Phi) is 5.17. The summed E-state index contributed by atoms with van der Waals surface area (Å²) in [5, 5.41) is 12.0. The molecule has 3 N–H and O–H groups in total. The van der Waals surface area contributed by atoms with Crippen molar-refractivity contribution in [3.63, 3.8) is 0 Å². The second-order valence-corrected chi connectivity index (χ2v) is 5.12. The number of fused-ring (bicyclic) bond motifs is 1. The van der Waals surface area contributed by atoms with Gasteiger partial charge in [-0.2, -0.15) is 0 Å². The standard InChI is InChI=1S/C17H22N2O2/c1-2-11-19(12-5-10-18)17(21)15-9-8-13-6-3-4-7-14(13)16(15)20/h3-4,6-9,20H,2,5,10-12,18H2,1H3. The van der Waals surface area contributed by atoms with Crippen LogP contribution >= 0.6 is 0 Å². The van der Waals surface area contributed by atoms with Gasteiger partial charge in [0, 0.05) is 18.5 Å². The third-order valence-electron chi connectivity index (χ3n) is 3.54. The van der Waals surface area contributed by atoms with Crippen molar-refractivity contribution in [1.82, 2.24) is 4.90 Å². The lowest BCUT2D eigenvalue weighted by molar-refractivity contribution is 0.0752. The molecule has 0 saturated heterocycles. The van der Waals surface area contributed by atoms with Gasteiger partial charge in [0.1, 0.15) is 5.75 Å². The maximum absolute atomic E-state index is 12.6. The molecular weight excluding hydrogens is 264 g/mol. The van der Waals surface area contributed by atoms with Gasteiger partial charge < -0.3 is 15.7 Å². The van der Waals surface area contributed by atoms with Crippen LogP contribution in [0.1, 0.15) is 30.1 Å². The lowest BCUT2D eigenvalue weighted by Gasteiger charge is -2.22. The first kappa shape index (κ1) is 15.3. The summed E-state index contributed by atoms with van der Waals surface area (Å²) in [4.78, 5) is 14.4. The van der Waals surface area contributed by atoms with Gasteiger partial charge in [0.25, 0.3) is 5.91 Å². The molecule has 0 aliphatic carbocycles. The number of nitrogens with two attached hydrogens (primary N) is 1. The second kappa shape index (κ2) is 7.09. The molecule has 0 aromatic heterocycles. The van der Waals surface area contributed by atoms with Gasteiger partial charge in [-0.25, -0.2) is 0 Å².